The molecule has 1 aliphatic heterocycles. The van der Waals surface area contributed by atoms with Gasteiger partial charge in [0.05, 0.1) is 35.3 Å². The number of piperidine rings is 1. The molecule has 2 atom stereocenters. The van der Waals surface area contributed by atoms with Crippen LogP contribution in [0, 0.1) is 0 Å². The Labute approximate surface area is 193 Å². The van der Waals surface area contributed by atoms with E-state index in [0.717, 1.165) is 50.8 Å². The van der Waals surface area contributed by atoms with Gasteiger partial charge in [-0.15, -0.1) is 0 Å². The first-order valence-electron chi connectivity index (χ1n) is 10.9. The predicted molar refractivity (Wildman–Crippen MR) is 122 cm³/mol. The highest BCUT2D eigenvalue weighted by molar-refractivity contribution is 6.32. The van der Waals surface area contributed by atoms with Gasteiger partial charge in [-0.05, 0) is 52.2 Å². The minimum atomic E-state index is -0.408. The van der Waals surface area contributed by atoms with Crippen molar-refractivity contribution in [3.63, 3.8) is 0 Å². The van der Waals surface area contributed by atoms with E-state index in [0.29, 0.717) is 23.2 Å². The lowest BCUT2D eigenvalue weighted by Gasteiger charge is -2.28. The fourth-order valence-electron chi connectivity index (χ4n) is 3.94. The number of aromatic nitrogens is 4. The molecule has 2 unspecified atom stereocenters. The Morgan fingerprint density at radius 2 is 2.03 bits per heavy atom. The summed E-state index contributed by atoms with van der Waals surface area (Å²) in [5, 5.41) is 16.6. The highest BCUT2D eigenvalue weighted by Gasteiger charge is 2.23. The zero-order valence-electron chi connectivity index (χ0n) is 18.6. The van der Waals surface area contributed by atoms with Crippen LogP contribution < -0.4 is 11.1 Å². The minimum Gasteiger partial charge on any atom is -0.446 e. The zero-order chi connectivity index (χ0) is 23.1. The smallest absolute Gasteiger partial charge is 0.407 e. The molecular weight excluding hydrogens is 434 g/mol. The normalized spacial score (nSPS) is 22.0. The molecule has 0 radical (unpaired) electrons. The van der Waals surface area contributed by atoms with Crippen molar-refractivity contribution in [2.75, 3.05) is 32.9 Å². The molecule has 1 aliphatic carbocycles. The van der Waals surface area contributed by atoms with Crippen molar-refractivity contribution in [3.8, 4) is 11.3 Å². The summed E-state index contributed by atoms with van der Waals surface area (Å²) in [5.74, 6) is 0.219. The van der Waals surface area contributed by atoms with Crippen LogP contribution >= 0.6 is 11.6 Å². The number of nitrogens with two attached hydrogens (primary N) is 1. The maximum atomic E-state index is 10.8. The second-order valence-corrected chi connectivity index (χ2v) is 8.67. The first-order valence-corrected chi connectivity index (χ1v) is 11.3. The molecule has 10 nitrogen and oxygen atoms in total. The molecule has 176 valence electrons. The van der Waals surface area contributed by atoms with Crippen molar-refractivity contribution in [1.82, 2.24) is 30.0 Å². The first kappa shape index (κ1) is 24.2. The van der Waals surface area contributed by atoms with Gasteiger partial charge in [0.1, 0.15) is 6.10 Å². The number of nitrogens with zero attached hydrogens (tertiary/aromatic N) is 5. The van der Waals surface area contributed by atoms with Crippen LogP contribution in [-0.2, 0) is 4.74 Å². The van der Waals surface area contributed by atoms with Gasteiger partial charge >= 0.3 is 6.09 Å². The number of aliphatic hydroxyl groups is 1. The average Bonchev–Trinajstić information content (AvgIpc) is 3.26. The fourth-order valence-corrected chi connectivity index (χ4v) is 4.14. The number of ether oxygens (including phenoxy) is 1. The van der Waals surface area contributed by atoms with Crippen LogP contribution in [0.4, 0.5) is 10.7 Å². The van der Waals surface area contributed by atoms with E-state index in [1.165, 1.54) is 13.2 Å². The second-order valence-electron chi connectivity index (χ2n) is 8.27. The van der Waals surface area contributed by atoms with Crippen molar-refractivity contribution in [2.45, 2.75) is 56.8 Å². The molecule has 2 aliphatic rings. The van der Waals surface area contributed by atoms with Gasteiger partial charge in [-0.2, -0.15) is 5.10 Å². The number of halogens is 1. The maximum absolute atomic E-state index is 10.8. The topological polar surface area (TPSA) is 131 Å². The molecule has 1 saturated carbocycles. The molecule has 0 aromatic carbocycles. The molecular formula is C21H32ClN7O3. The van der Waals surface area contributed by atoms with E-state index in [2.05, 4.69) is 32.3 Å². The van der Waals surface area contributed by atoms with Gasteiger partial charge in [-0.25, -0.2) is 14.8 Å². The Morgan fingerprint density at radius 3 is 2.72 bits per heavy atom. The van der Waals surface area contributed by atoms with Gasteiger partial charge in [0.2, 0.25) is 5.95 Å². The first-order chi connectivity index (χ1) is 15.4. The van der Waals surface area contributed by atoms with Gasteiger partial charge in [0.25, 0.3) is 0 Å². The summed E-state index contributed by atoms with van der Waals surface area (Å²) in [6, 6.07) is 0.443. The summed E-state index contributed by atoms with van der Waals surface area (Å²) < 4.78 is 7.01. The van der Waals surface area contributed by atoms with E-state index < -0.39 is 6.09 Å². The Balaban J connectivity index is 0.000000207. The number of alkyl carbamates (subject to hydrolysis) is 1. The van der Waals surface area contributed by atoms with Crippen LogP contribution in [0.1, 0.15) is 44.6 Å². The average molecular weight is 466 g/mol. The number of rotatable bonds is 3. The Kier molecular flexibility index (Phi) is 8.66. The Hall–Kier alpha value is -2.43. The van der Waals surface area contributed by atoms with Gasteiger partial charge < -0.3 is 25.8 Å². The molecule has 1 saturated heterocycles. The monoisotopic (exact) mass is 465 g/mol. The second kappa shape index (κ2) is 11.4. The summed E-state index contributed by atoms with van der Waals surface area (Å²) in [6.07, 6.45) is 9.90. The third-order valence-electron chi connectivity index (χ3n) is 5.78. The molecule has 1 amide bonds. The molecule has 2 aromatic heterocycles. The summed E-state index contributed by atoms with van der Waals surface area (Å²) in [7, 11) is 3.68. The molecule has 3 heterocycles. The van der Waals surface area contributed by atoms with Crippen molar-refractivity contribution < 1.29 is 14.6 Å². The lowest BCUT2D eigenvalue weighted by atomic mass is 9.95. The number of carbonyl (C=O) groups is 1. The predicted octanol–water partition coefficient (Wildman–Crippen LogP) is 2.49. The van der Waals surface area contributed by atoms with Crippen molar-refractivity contribution in [3.05, 3.63) is 23.6 Å². The van der Waals surface area contributed by atoms with E-state index in [1.807, 2.05) is 10.9 Å². The highest BCUT2D eigenvalue weighted by atomic mass is 35.5. The summed E-state index contributed by atoms with van der Waals surface area (Å²) in [4.78, 5) is 21.2. The summed E-state index contributed by atoms with van der Waals surface area (Å²) in [5.41, 5.74) is 7.13. The molecule has 11 heteroatoms. The minimum absolute atomic E-state index is 0.103. The third-order valence-corrected chi connectivity index (χ3v) is 6.05. The van der Waals surface area contributed by atoms with E-state index in [4.69, 9.17) is 22.1 Å². The number of aliphatic hydroxyl groups excluding tert-OH is 1. The zero-order valence-corrected chi connectivity index (χ0v) is 19.3. The van der Waals surface area contributed by atoms with E-state index in [-0.39, 0.29) is 18.2 Å². The number of hydrogen-bond donors (Lipinski definition) is 3. The van der Waals surface area contributed by atoms with Gasteiger partial charge in [-0.1, -0.05) is 11.6 Å². The lowest BCUT2D eigenvalue weighted by molar-refractivity contribution is 0.0237. The van der Waals surface area contributed by atoms with Crippen LogP contribution in [0.15, 0.2) is 18.6 Å². The quantitative estimate of drug-likeness (QED) is 0.629. The van der Waals surface area contributed by atoms with E-state index in [1.54, 1.807) is 6.20 Å². The lowest BCUT2D eigenvalue weighted by Crippen LogP contribution is -2.31. The largest absolute Gasteiger partial charge is 0.446 e. The maximum Gasteiger partial charge on any atom is 0.407 e. The number of amides is 1. The van der Waals surface area contributed by atoms with Crippen molar-refractivity contribution >= 4 is 23.6 Å². The number of hydrogen-bond acceptors (Lipinski definition) is 8. The van der Waals surface area contributed by atoms with Gasteiger partial charge in [0, 0.05) is 25.2 Å². The molecule has 4 rings (SSSR count). The van der Waals surface area contributed by atoms with Crippen LogP contribution in [0.5, 0.6) is 0 Å². The molecule has 32 heavy (non-hydrogen) atoms. The highest BCUT2D eigenvalue weighted by Crippen LogP contribution is 2.28. The summed E-state index contributed by atoms with van der Waals surface area (Å²) in [6.45, 7) is 2.20. The summed E-state index contributed by atoms with van der Waals surface area (Å²) >= 11 is 6.12. The van der Waals surface area contributed by atoms with Crippen molar-refractivity contribution in [2.24, 2.45) is 0 Å². The van der Waals surface area contributed by atoms with Crippen LogP contribution in [0.3, 0.4) is 0 Å². The van der Waals surface area contributed by atoms with Gasteiger partial charge in [0.15, 0.2) is 0 Å². The molecule has 2 aromatic rings. The number of likely N-dealkylation sites (tertiary alicyclic amines) is 1. The van der Waals surface area contributed by atoms with Gasteiger partial charge in [-0.3, -0.25) is 4.68 Å². The Morgan fingerprint density at radius 1 is 1.28 bits per heavy atom. The van der Waals surface area contributed by atoms with E-state index in [9.17, 15) is 9.90 Å². The Bertz CT molecular complexity index is 886. The third kappa shape index (κ3) is 6.78. The van der Waals surface area contributed by atoms with Crippen LogP contribution in [-0.4, -0.2) is 75.2 Å². The van der Waals surface area contributed by atoms with E-state index >= 15 is 0 Å². The number of nitrogen functional groups attached to an aromatic ring is 1. The number of anilines is 1. The SMILES string of the molecule is CN1CCC(n2cc(-c3nc(N)ncc3Cl)cn2)CC1.CNC(=O)OC1CCCC(O)C1. The molecule has 4 N–H and O–H groups in total. The molecule has 0 spiro atoms. The fraction of sp³-hybridized carbons (Fsp3) is 0.619. The standard InChI is InChI=1S/C13H17ClN6.C8H15NO3/c1-19-4-2-10(3-5-19)20-8-9(6-17-20)12-11(14)7-16-13(15)18-12;1-9-8(11)12-7-4-2-3-6(10)5-7/h6-8,10H,2-5H2,1H3,(H2,15,16,18);6-7,10H,2-5H2,1H3,(H,9,11). The molecule has 2 fully saturated rings. The number of nitrogens with one attached hydrogen (secondary N) is 1. The molecule has 0 bridgehead atoms. The van der Waals surface area contributed by atoms with Crippen molar-refractivity contribution in [1.29, 1.82) is 0 Å². The number of carbonyl (C=O) groups excluding carboxylic acids is 1. The van der Waals surface area contributed by atoms with Crippen LogP contribution in [0.2, 0.25) is 5.02 Å². The van der Waals surface area contributed by atoms with Crippen LogP contribution in [0.25, 0.3) is 11.3 Å².